The van der Waals surface area contributed by atoms with Gasteiger partial charge in [-0.3, -0.25) is 0 Å². The first-order chi connectivity index (χ1) is 7.27. The molecule has 0 unspecified atom stereocenters. The molecule has 0 saturated heterocycles. The van der Waals surface area contributed by atoms with Gasteiger partial charge in [0.2, 0.25) is 0 Å². The maximum Gasteiger partial charge on any atom is 0.117 e. The van der Waals surface area contributed by atoms with Gasteiger partial charge in [-0.05, 0) is 30.0 Å². The van der Waals surface area contributed by atoms with Crippen molar-refractivity contribution in [3.8, 4) is 0 Å². The van der Waals surface area contributed by atoms with Gasteiger partial charge in [-0.15, -0.1) is 11.3 Å². The van der Waals surface area contributed by atoms with Crippen molar-refractivity contribution in [2.24, 2.45) is 0 Å². The third-order valence-electron chi connectivity index (χ3n) is 2.13. The molecule has 15 heavy (non-hydrogen) atoms. The summed E-state index contributed by atoms with van der Waals surface area (Å²) >= 11 is 7.80. The number of thiophene rings is 1. The zero-order chi connectivity index (χ0) is 10.7. The van der Waals surface area contributed by atoms with Crippen LogP contribution in [0.2, 0.25) is 5.02 Å². The van der Waals surface area contributed by atoms with Gasteiger partial charge in [0.15, 0.2) is 0 Å². The molecule has 4 heteroatoms. The van der Waals surface area contributed by atoms with E-state index in [1.165, 1.54) is 4.88 Å². The normalized spacial score (nSPS) is 10.8. The van der Waals surface area contributed by atoms with E-state index < -0.39 is 0 Å². The van der Waals surface area contributed by atoms with Gasteiger partial charge in [0, 0.05) is 11.4 Å². The first-order valence-corrected chi connectivity index (χ1v) is 5.98. The van der Waals surface area contributed by atoms with Gasteiger partial charge in [0.05, 0.1) is 17.8 Å². The van der Waals surface area contributed by atoms with E-state index in [0.717, 1.165) is 29.4 Å². The minimum Gasteiger partial charge on any atom is -0.468 e. The second-order valence-electron chi connectivity index (χ2n) is 3.34. The van der Waals surface area contributed by atoms with Crippen LogP contribution in [0.25, 0.3) is 0 Å². The van der Waals surface area contributed by atoms with E-state index in [0.29, 0.717) is 0 Å². The number of rotatable bonds is 4. The quantitative estimate of drug-likeness (QED) is 0.885. The maximum absolute atomic E-state index is 6.12. The number of nitrogens with one attached hydrogen (secondary N) is 1. The van der Waals surface area contributed by atoms with Gasteiger partial charge < -0.3 is 9.73 Å². The Kier molecular flexibility index (Phi) is 3.46. The summed E-state index contributed by atoms with van der Waals surface area (Å²) in [5, 5.41) is 6.25. The monoisotopic (exact) mass is 241 g/mol. The highest BCUT2D eigenvalue weighted by atomic mass is 35.5. The molecule has 0 fully saturated rings. The summed E-state index contributed by atoms with van der Waals surface area (Å²) in [6.07, 6.45) is 1.68. The number of furan rings is 1. The van der Waals surface area contributed by atoms with Crippen molar-refractivity contribution >= 4 is 22.9 Å². The summed E-state index contributed by atoms with van der Waals surface area (Å²) in [5.41, 5.74) is 1.15. The molecule has 0 aliphatic carbocycles. The zero-order valence-electron chi connectivity index (χ0n) is 8.42. The van der Waals surface area contributed by atoms with E-state index in [4.69, 9.17) is 16.0 Å². The third-order valence-corrected chi connectivity index (χ3v) is 3.88. The first kappa shape index (κ1) is 10.7. The molecule has 0 bridgehead atoms. The van der Waals surface area contributed by atoms with E-state index in [1.54, 1.807) is 17.6 Å². The van der Waals surface area contributed by atoms with Gasteiger partial charge in [0.1, 0.15) is 5.76 Å². The van der Waals surface area contributed by atoms with Crippen molar-refractivity contribution in [3.63, 3.8) is 0 Å². The second kappa shape index (κ2) is 4.84. The Bertz CT molecular complexity index is 422. The van der Waals surface area contributed by atoms with Crippen LogP contribution in [0.1, 0.15) is 16.2 Å². The van der Waals surface area contributed by atoms with E-state index in [9.17, 15) is 0 Å². The number of hydrogen-bond donors (Lipinski definition) is 1. The topological polar surface area (TPSA) is 25.2 Å². The van der Waals surface area contributed by atoms with Crippen molar-refractivity contribution in [1.82, 2.24) is 5.32 Å². The van der Waals surface area contributed by atoms with Gasteiger partial charge >= 0.3 is 0 Å². The molecule has 1 N–H and O–H groups in total. The number of halogens is 1. The van der Waals surface area contributed by atoms with E-state index in [-0.39, 0.29) is 0 Å². The molecule has 2 aromatic heterocycles. The number of hydrogen-bond acceptors (Lipinski definition) is 3. The van der Waals surface area contributed by atoms with Crippen molar-refractivity contribution in [2.75, 3.05) is 0 Å². The fourth-order valence-corrected chi connectivity index (χ4v) is 2.52. The molecule has 0 aliphatic heterocycles. The van der Waals surface area contributed by atoms with Crippen LogP contribution in [0.5, 0.6) is 0 Å². The Balaban J connectivity index is 1.86. The molecule has 0 spiro atoms. The average Bonchev–Trinajstić information content (AvgIpc) is 2.83. The highest BCUT2D eigenvalue weighted by Gasteiger charge is 2.05. The predicted molar refractivity (Wildman–Crippen MR) is 63.3 cm³/mol. The molecular formula is C11H12ClNOS. The van der Waals surface area contributed by atoms with Crippen LogP contribution in [0.4, 0.5) is 0 Å². The summed E-state index contributed by atoms with van der Waals surface area (Å²) in [5.74, 6) is 0.944. The fraction of sp³-hybridized carbons (Fsp3) is 0.273. The van der Waals surface area contributed by atoms with Crippen molar-refractivity contribution in [3.05, 3.63) is 45.0 Å². The Hall–Kier alpha value is -0.770. The first-order valence-electron chi connectivity index (χ1n) is 4.73. The molecule has 0 amide bonds. The molecule has 80 valence electrons. The molecule has 2 rings (SSSR count). The maximum atomic E-state index is 6.12. The summed E-state index contributed by atoms with van der Waals surface area (Å²) in [6, 6.07) is 3.84. The standard InChI is InChI=1S/C11H12ClNOS/c1-8-7-15-10(11(8)12)6-13-5-9-3-2-4-14-9/h2-4,7,13H,5-6H2,1H3. The Labute approximate surface area is 97.9 Å². The molecule has 2 aromatic rings. The smallest absolute Gasteiger partial charge is 0.117 e. The molecule has 0 radical (unpaired) electrons. The minimum atomic E-state index is 0.736. The van der Waals surface area contributed by atoms with E-state index in [1.807, 2.05) is 19.1 Å². The molecule has 2 heterocycles. The van der Waals surface area contributed by atoms with Gasteiger partial charge in [-0.2, -0.15) is 0 Å². The Morgan fingerprint density at radius 1 is 1.47 bits per heavy atom. The molecule has 0 aromatic carbocycles. The summed E-state index contributed by atoms with van der Waals surface area (Å²) in [7, 11) is 0. The summed E-state index contributed by atoms with van der Waals surface area (Å²) in [6.45, 7) is 3.55. The van der Waals surface area contributed by atoms with E-state index in [2.05, 4.69) is 10.7 Å². The predicted octanol–water partition coefficient (Wildman–Crippen LogP) is 3.59. The van der Waals surface area contributed by atoms with Crippen LogP contribution < -0.4 is 5.32 Å². The number of aryl methyl sites for hydroxylation is 1. The fourth-order valence-electron chi connectivity index (χ4n) is 1.31. The van der Waals surface area contributed by atoms with Crippen LogP contribution in [0, 0.1) is 6.92 Å². The van der Waals surface area contributed by atoms with E-state index >= 15 is 0 Å². The highest BCUT2D eigenvalue weighted by molar-refractivity contribution is 7.10. The zero-order valence-corrected chi connectivity index (χ0v) is 9.99. The average molecular weight is 242 g/mol. The van der Waals surface area contributed by atoms with Crippen LogP contribution >= 0.6 is 22.9 Å². The van der Waals surface area contributed by atoms with Gasteiger partial charge in [0.25, 0.3) is 0 Å². The lowest BCUT2D eigenvalue weighted by atomic mass is 10.3. The van der Waals surface area contributed by atoms with Crippen molar-refractivity contribution in [1.29, 1.82) is 0 Å². The highest BCUT2D eigenvalue weighted by Crippen LogP contribution is 2.26. The third kappa shape index (κ3) is 2.62. The largest absolute Gasteiger partial charge is 0.468 e. The van der Waals surface area contributed by atoms with Gasteiger partial charge in [-0.25, -0.2) is 0 Å². The molecular weight excluding hydrogens is 230 g/mol. The van der Waals surface area contributed by atoms with Gasteiger partial charge in [-0.1, -0.05) is 11.6 Å². The molecule has 0 aliphatic rings. The SMILES string of the molecule is Cc1csc(CNCc2ccco2)c1Cl. The van der Waals surface area contributed by atoms with Crippen LogP contribution in [0.3, 0.4) is 0 Å². The summed E-state index contributed by atoms with van der Waals surface area (Å²) in [4.78, 5) is 1.18. The summed E-state index contributed by atoms with van der Waals surface area (Å²) < 4.78 is 5.21. The van der Waals surface area contributed by atoms with Crippen molar-refractivity contribution < 1.29 is 4.42 Å². The second-order valence-corrected chi connectivity index (χ2v) is 4.68. The van der Waals surface area contributed by atoms with Crippen molar-refractivity contribution in [2.45, 2.75) is 20.0 Å². The van der Waals surface area contributed by atoms with Crippen LogP contribution in [-0.2, 0) is 13.1 Å². The lowest BCUT2D eigenvalue weighted by molar-refractivity contribution is 0.483. The minimum absolute atomic E-state index is 0.736. The Morgan fingerprint density at radius 2 is 2.33 bits per heavy atom. The lowest BCUT2D eigenvalue weighted by Crippen LogP contribution is -2.11. The lowest BCUT2D eigenvalue weighted by Gasteiger charge is -2.01. The van der Waals surface area contributed by atoms with Crippen LogP contribution in [0.15, 0.2) is 28.2 Å². The molecule has 2 nitrogen and oxygen atoms in total. The molecule has 0 saturated carbocycles. The van der Waals surface area contributed by atoms with Crippen LogP contribution in [-0.4, -0.2) is 0 Å². The molecule has 0 atom stereocenters. The Morgan fingerprint density at radius 3 is 2.93 bits per heavy atom.